The Balaban J connectivity index is 1.95. The molecule has 1 aromatic heterocycles. The van der Waals surface area contributed by atoms with Crippen molar-refractivity contribution in [2.24, 2.45) is 5.73 Å². The van der Waals surface area contributed by atoms with Crippen LogP contribution in [0.2, 0.25) is 0 Å². The second-order valence-electron chi connectivity index (χ2n) is 5.09. The van der Waals surface area contributed by atoms with Crippen LogP contribution >= 0.6 is 0 Å². The number of primary amides is 1. The molecule has 0 spiro atoms. The molecule has 5 nitrogen and oxygen atoms in total. The highest BCUT2D eigenvalue weighted by molar-refractivity contribution is 6.23. The van der Waals surface area contributed by atoms with Gasteiger partial charge in [-0.2, -0.15) is 0 Å². The molecule has 0 saturated carbocycles. The van der Waals surface area contributed by atoms with Gasteiger partial charge in [0.2, 0.25) is 5.91 Å². The number of aromatic nitrogens is 2. The number of nitrogens with one attached hydrogen (secondary N) is 1. The quantitative estimate of drug-likeness (QED) is 0.510. The molecule has 5 heteroatoms. The van der Waals surface area contributed by atoms with E-state index in [0.29, 0.717) is 11.5 Å². The van der Waals surface area contributed by atoms with E-state index in [-0.39, 0.29) is 0 Å². The minimum Gasteiger partial charge on any atom is -0.369 e. The Morgan fingerprint density at radius 1 is 1.04 bits per heavy atom. The van der Waals surface area contributed by atoms with E-state index in [1.54, 1.807) is 12.3 Å². The third kappa shape index (κ3) is 3.29. The predicted molar refractivity (Wildman–Crippen MR) is 91.9 cm³/mol. The van der Waals surface area contributed by atoms with Crippen molar-refractivity contribution >= 4 is 23.5 Å². The summed E-state index contributed by atoms with van der Waals surface area (Å²) in [7, 11) is 0. The molecule has 23 heavy (non-hydrogen) atoms. The van der Waals surface area contributed by atoms with Crippen molar-refractivity contribution in [3.8, 4) is 11.3 Å². The van der Waals surface area contributed by atoms with Crippen LogP contribution in [0.15, 0.2) is 60.8 Å². The van der Waals surface area contributed by atoms with Crippen LogP contribution in [0.1, 0.15) is 11.1 Å². The first-order valence-corrected chi connectivity index (χ1v) is 7.11. The number of nitrogen functional groups attached to an aromatic ring is 1. The summed E-state index contributed by atoms with van der Waals surface area (Å²) in [6, 6.07) is 17.1. The number of benzene rings is 2. The zero-order valence-electron chi connectivity index (χ0n) is 12.4. The fourth-order valence-electron chi connectivity index (χ4n) is 2.33. The van der Waals surface area contributed by atoms with Gasteiger partial charge in [-0.05, 0) is 22.8 Å². The molecule has 0 bridgehead atoms. The minimum absolute atomic E-state index is 0.367. The molecule has 0 aliphatic heterocycles. The van der Waals surface area contributed by atoms with Crippen LogP contribution in [-0.4, -0.2) is 15.9 Å². The zero-order chi connectivity index (χ0) is 16.2. The Bertz CT molecular complexity index is 848. The molecule has 3 rings (SSSR count). The van der Waals surface area contributed by atoms with Gasteiger partial charge in [-0.1, -0.05) is 54.6 Å². The summed E-state index contributed by atoms with van der Waals surface area (Å²) in [4.78, 5) is 18.7. The third-order valence-corrected chi connectivity index (χ3v) is 3.48. The third-order valence-electron chi connectivity index (χ3n) is 3.48. The average molecular weight is 304 g/mol. The molecule has 0 aliphatic rings. The van der Waals surface area contributed by atoms with Gasteiger partial charge in [-0.3, -0.25) is 4.79 Å². The number of rotatable bonds is 4. The average Bonchev–Trinajstić information content (AvgIpc) is 3.00. The van der Waals surface area contributed by atoms with Crippen molar-refractivity contribution < 1.29 is 4.79 Å². The van der Waals surface area contributed by atoms with Crippen LogP contribution in [0.5, 0.6) is 0 Å². The number of aromatic amines is 1. The number of nitrogens with two attached hydrogens (primary N) is 2. The van der Waals surface area contributed by atoms with Gasteiger partial charge in [-0.25, -0.2) is 4.98 Å². The van der Waals surface area contributed by atoms with Gasteiger partial charge < -0.3 is 16.5 Å². The number of H-pyrrole nitrogens is 1. The van der Waals surface area contributed by atoms with Crippen LogP contribution in [0, 0.1) is 0 Å². The van der Waals surface area contributed by atoms with Crippen LogP contribution in [0.4, 0.5) is 5.95 Å². The first kappa shape index (κ1) is 14.6. The van der Waals surface area contributed by atoms with Crippen molar-refractivity contribution in [3.63, 3.8) is 0 Å². The molecule has 0 radical (unpaired) electrons. The fourth-order valence-corrected chi connectivity index (χ4v) is 2.33. The number of hydrogen-bond acceptors (Lipinski definition) is 3. The number of imidazole rings is 1. The largest absolute Gasteiger partial charge is 0.369 e. The summed E-state index contributed by atoms with van der Waals surface area (Å²) in [6.45, 7) is 0. The molecule has 1 heterocycles. The fraction of sp³-hybridized carbons (Fsp3) is 0. The Labute approximate surface area is 133 Å². The van der Waals surface area contributed by atoms with Crippen LogP contribution in [-0.2, 0) is 4.79 Å². The van der Waals surface area contributed by atoms with Gasteiger partial charge in [-0.15, -0.1) is 0 Å². The van der Waals surface area contributed by atoms with Gasteiger partial charge in [0, 0.05) is 5.57 Å². The van der Waals surface area contributed by atoms with Crippen molar-refractivity contribution in [1.82, 2.24) is 9.97 Å². The van der Waals surface area contributed by atoms with Gasteiger partial charge in [0.1, 0.15) is 0 Å². The van der Waals surface area contributed by atoms with E-state index in [2.05, 4.69) is 9.97 Å². The second kappa shape index (κ2) is 6.19. The summed E-state index contributed by atoms with van der Waals surface area (Å²) < 4.78 is 0. The van der Waals surface area contributed by atoms with E-state index >= 15 is 0 Å². The number of hydrogen-bond donors (Lipinski definition) is 3. The lowest BCUT2D eigenvalue weighted by Gasteiger charge is -2.06. The molecule has 1 amide bonds. The Morgan fingerprint density at radius 3 is 2.30 bits per heavy atom. The Morgan fingerprint density at radius 2 is 1.74 bits per heavy atom. The van der Waals surface area contributed by atoms with Crippen LogP contribution in [0.3, 0.4) is 0 Å². The summed E-state index contributed by atoms with van der Waals surface area (Å²) in [5.74, 6) is -0.0988. The summed E-state index contributed by atoms with van der Waals surface area (Å²) >= 11 is 0. The number of anilines is 1. The molecule has 5 N–H and O–H groups in total. The second-order valence-corrected chi connectivity index (χ2v) is 5.09. The minimum atomic E-state index is -0.465. The molecule has 0 unspecified atom stereocenters. The van der Waals surface area contributed by atoms with Crippen LogP contribution < -0.4 is 11.5 Å². The smallest absolute Gasteiger partial charge is 0.249 e. The first-order chi connectivity index (χ1) is 11.1. The first-order valence-electron chi connectivity index (χ1n) is 7.11. The molecule has 2 aromatic carbocycles. The van der Waals surface area contributed by atoms with E-state index in [1.165, 1.54) is 0 Å². The van der Waals surface area contributed by atoms with Gasteiger partial charge in [0.15, 0.2) is 5.95 Å². The number of amides is 1. The maximum absolute atomic E-state index is 11.8. The highest BCUT2D eigenvalue weighted by atomic mass is 16.1. The highest BCUT2D eigenvalue weighted by Gasteiger charge is 2.09. The normalized spacial score (nSPS) is 11.4. The Hall–Kier alpha value is -3.34. The van der Waals surface area contributed by atoms with Crippen LogP contribution in [0.25, 0.3) is 22.9 Å². The van der Waals surface area contributed by atoms with E-state index in [4.69, 9.17) is 11.5 Å². The molecule has 0 fully saturated rings. The van der Waals surface area contributed by atoms with Crippen molar-refractivity contribution in [1.29, 1.82) is 0 Å². The predicted octanol–water partition coefficient (Wildman–Crippen LogP) is 2.68. The standard InChI is InChI=1S/C18H16N4O/c19-17(23)15(10-12-4-2-1-3-5-12)13-6-8-14(9-7-13)16-11-21-18(20)22-16/h1-11H,(H2,19,23)(H3,20,21,22)/b15-10-. The molecule has 0 aliphatic carbocycles. The zero-order valence-corrected chi connectivity index (χ0v) is 12.4. The van der Waals surface area contributed by atoms with E-state index in [1.807, 2.05) is 54.6 Å². The lowest BCUT2D eigenvalue weighted by atomic mass is 10.0. The monoisotopic (exact) mass is 304 g/mol. The molecule has 3 aromatic rings. The molecular formula is C18H16N4O. The van der Waals surface area contributed by atoms with Gasteiger partial charge in [0.05, 0.1) is 11.9 Å². The van der Waals surface area contributed by atoms with Gasteiger partial charge in [0.25, 0.3) is 0 Å². The molecule has 0 atom stereocenters. The SMILES string of the molecule is NC(=O)/C(=C\c1ccccc1)c1ccc(-c2cnc(N)[nH]2)cc1. The van der Waals surface area contributed by atoms with E-state index in [9.17, 15) is 4.79 Å². The maximum Gasteiger partial charge on any atom is 0.249 e. The summed E-state index contributed by atoms with van der Waals surface area (Å²) in [5, 5.41) is 0. The topological polar surface area (TPSA) is 97.8 Å². The summed E-state index contributed by atoms with van der Waals surface area (Å²) in [5.41, 5.74) is 15.0. The van der Waals surface area contributed by atoms with E-state index < -0.39 is 5.91 Å². The van der Waals surface area contributed by atoms with Crippen molar-refractivity contribution in [3.05, 3.63) is 71.9 Å². The van der Waals surface area contributed by atoms with Crippen molar-refractivity contribution in [2.45, 2.75) is 0 Å². The molecule has 114 valence electrons. The van der Waals surface area contributed by atoms with E-state index in [0.717, 1.165) is 22.4 Å². The molecular weight excluding hydrogens is 288 g/mol. The van der Waals surface area contributed by atoms with Gasteiger partial charge >= 0.3 is 0 Å². The lowest BCUT2D eigenvalue weighted by Crippen LogP contribution is -2.12. The number of carbonyl (C=O) groups is 1. The Kier molecular flexibility index (Phi) is 3.93. The lowest BCUT2D eigenvalue weighted by molar-refractivity contribution is -0.112. The highest BCUT2D eigenvalue weighted by Crippen LogP contribution is 2.23. The maximum atomic E-state index is 11.8. The van der Waals surface area contributed by atoms with Crippen molar-refractivity contribution in [2.75, 3.05) is 5.73 Å². The summed E-state index contributed by atoms with van der Waals surface area (Å²) in [6.07, 6.45) is 3.45. The number of carbonyl (C=O) groups excluding carboxylic acids is 1. The molecule has 0 saturated heterocycles. The number of nitrogens with zero attached hydrogens (tertiary/aromatic N) is 1.